The van der Waals surface area contributed by atoms with E-state index in [1.807, 2.05) is 27.7 Å². The number of rotatable bonds is 4. The van der Waals surface area contributed by atoms with Crippen molar-refractivity contribution in [1.82, 2.24) is 0 Å². The van der Waals surface area contributed by atoms with E-state index in [1.165, 1.54) is 44.9 Å². The molecule has 0 saturated heterocycles. The lowest BCUT2D eigenvalue weighted by Crippen LogP contribution is -2.13. The molecule has 116 valence electrons. The normalized spacial score (nSPS) is 21.1. The Morgan fingerprint density at radius 2 is 1.40 bits per heavy atom. The Hall–Kier alpha value is -0.780. The molecule has 0 radical (unpaired) electrons. The average Bonchev–Trinajstić information content (AvgIpc) is 2.58. The van der Waals surface area contributed by atoms with Gasteiger partial charge in [-0.2, -0.15) is 0 Å². The Morgan fingerprint density at radius 1 is 0.850 bits per heavy atom. The van der Waals surface area contributed by atoms with Crippen molar-refractivity contribution in [2.24, 2.45) is 5.92 Å². The molecule has 1 aliphatic carbocycles. The van der Waals surface area contributed by atoms with Crippen LogP contribution in [0.25, 0.3) is 0 Å². The van der Waals surface area contributed by atoms with Crippen molar-refractivity contribution in [3.8, 4) is 0 Å². The zero-order chi connectivity index (χ0) is 15.2. The van der Waals surface area contributed by atoms with Crippen LogP contribution in [-0.2, 0) is 0 Å². The molecular weight excluding hydrogens is 240 g/mol. The van der Waals surface area contributed by atoms with Gasteiger partial charge in [-0.25, -0.2) is 0 Å². The van der Waals surface area contributed by atoms with Gasteiger partial charge in [-0.1, -0.05) is 84.2 Å². The SMILES string of the molecule is CC.CC.CCCCC1CCC(c2ccccc2)CC1. The van der Waals surface area contributed by atoms with Gasteiger partial charge in [-0.05, 0) is 43.1 Å². The second-order valence-electron chi connectivity index (χ2n) is 5.27. The Morgan fingerprint density at radius 3 is 1.90 bits per heavy atom. The van der Waals surface area contributed by atoms with Gasteiger partial charge in [0.2, 0.25) is 0 Å². The number of benzene rings is 1. The molecule has 0 heteroatoms. The predicted octanol–water partition coefficient (Wildman–Crippen LogP) is 7.20. The van der Waals surface area contributed by atoms with E-state index >= 15 is 0 Å². The van der Waals surface area contributed by atoms with Gasteiger partial charge in [0.1, 0.15) is 0 Å². The number of unbranched alkanes of at least 4 members (excludes halogenated alkanes) is 1. The lowest BCUT2D eigenvalue weighted by molar-refractivity contribution is 0.304. The van der Waals surface area contributed by atoms with Gasteiger partial charge in [0, 0.05) is 0 Å². The third-order valence-corrected chi connectivity index (χ3v) is 4.08. The molecule has 20 heavy (non-hydrogen) atoms. The summed E-state index contributed by atoms with van der Waals surface area (Å²) < 4.78 is 0. The molecule has 0 bridgehead atoms. The van der Waals surface area contributed by atoms with E-state index in [1.54, 1.807) is 5.56 Å². The van der Waals surface area contributed by atoms with Gasteiger partial charge >= 0.3 is 0 Å². The molecule has 0 atom stereocenters. The average molecular weight is 277 g/mol. The number of hydrogen-bond donors (Lipinski definition) is 0. The third-order valence-electron chi connectivity index (χ3n) is 4.08. The summed E-state index contributed by atoms with van der Waals surface area (Å²) in [5.74, 6) is 1.87. The zero-order valence-corrected chi connectivity index (χ0v) is 14.5. The van der Waals surface area contributed by atoms with E-state index in [9.17, 15) is 0 Å². The second-order valence-corrected chi connectivity index (χ2v) is 5.27. The Balaban J connectivity index is 0.000000829. The maximum absolute atomic E-state index is 2.30. The van der Waals surface area contributed by atoms with Crippen molar-refractivity contribution in [3.63, 3.8) is 0 Å². The lowest BCUT2D eigenvalue weighted by atomic mass is 9.77. The molecular formula is C20H36. The predicted molar refractivity (Wildman–Crippen MR) is 93.4 cm³/mol. The van der Waals surface area contributed by atoms with E-state index in [4.69, 9.17) is 0 Å². The summed E-state index contributed by atoms with van der Waals surface area (Å²) in [5.41, 5.74) is 1.57. The molecule has 2 rings (SSSR count). The largest absolute Gasteiger partial charge is 0.0683 e. The van der Waals surface area contributed by atoms with E-state index < -0.39 is 0 Å². The van der Waals surface area contributed by atoms with Crippen LogP contribution in [0.1, 0.15) is 91.0 Å². The first-order valence-electron chi connectivity index (χ1n) is 8.95. The second kappa shape index (κ2) is 13.2. The maximum Gasteiger partial charge on any atom is -0.0162 e. The zero-order valence-electron chi connectivity index (χ0n) is 14.5. The fraction of sp³-hybridized carbons (Fsp3) is 0.700. The van der Waals surface area contributed by atoms with Crippen LogP contribution >= 0.6 is 0 Å². The van der Waals surface area contributed by atoms with Crippen LogP contribution < -0.4 is 0 Å². The van der Waals surface area contributed by atoms with Crippen LogP contribution in [0.3, 0.4) is 0 Å². The third kappa shape index (κ3) is 7.12. The van der Waals surface area contributed by atoms with Gasteiger partial charge in [0.15, 0.2) is 0 Å². The van der Waals surface area contributed by atoms with Gasteiger partial charge in [-0.3, -0.25) is 0 Å². The minimum Gasteiger partial charge on any atom is -0.0683 e. The first-order valence-corrected chi connectivity index (χ1v) is 8.95. The highest BCUT2D eigenvalue weighted by Crippen LogP contribution is 2.37. The summed E-state index contributed by atoms with van der Waals surface area (Å²) in [5, 5.41) is 0. The Bertz CT molecular complexity index is 280. The quantitative estimate of drug-likeness (QED) is 0.545. The molecule has 0 aliphatic heterocycles. The van der Waals surface area contributed by atoms with Gasteiger partial charge in [0.25, 0.3) is 0 Å². The summed E-state index contributed by atoms with van der Waals surface area (Å²) in [4.78, 5) is 0. The molecule has 1 aliphatic rings. The molecule has 0 unspecified atom stereocenters. The van der Waals surface area contributed by atoms with E-state index in [0.29, 0.717) is 0 Å². The fourth-order valence-corrected chi connectivity index (χ4v) is 3.00. The van der Waals surface area contributed by atoms with Crippen molar-refractivity contribution in [2.45, 2.75) is 85.5 Å². The maximum atomic E-state index is 2.30. The van der Waals surface area contributed by atoms with Crippen molar-refractivity contribution >= 4 is 0 Å². The highest BCUT2D eigenvalue weighted by Gasteiger charge is 2.21. The summed E-state index contributed by atoms with van der Waals surface area (Å²) in [6, 6.07) is 11.1. The van der Waals surface area contributed by atoms with Gasteiger partial charge in [0.05, 0.1) is 0 Å². The highest BCUT2D eigenvalue weighted by molar-refractivity contribution is 5.19. The van der Waals surface area contributed by atoms with Crippen molar-refractivity contribution in [3.05, 3.63) is 35.9 Å². The van der Waals surface area contributed by atoms with E-state index in [2.05, 4.69) is 37.3 Å². The molecule has 0 aromatic heterocycles. The monoisotopic (exact) mass is 276 g/mol. The molecule has 0 amide bonds. The summed E-state index contributed by atoms with van der Waals surface area (Å²) in [6.07, 6.45) is 10.0. The summed E-state index contributed by atoms with van der Waals surface area (Å²) >= 11 is 0. The summed E-state index contributed by atoms with van der Waals surface area (Å²) in [6.45, 7) is 10.3. The van der Waals surface area contributed by atoms with Crippen LogP contribution in [0.4, 0.5) is 0 Å². The van der Waals surface area contributed by atoms with Crippen molar-refractivity contribution in [1.29, 1.82) is 0 Å². The van der Waals surface area contributed by atoms with Gasteiger partial charge in [-0.15, -0.1) is 0 Å². The van der Waals surface area contributed by atoms with Crippen LogP contribution in [0.2, 0.25) is 0 Å². The summed E-state index contributed by atoms with van der Waals surface area (Å²) in [7, 11) is 0. The van der Waals surface area contributed by atoms with Crippen LogP contribution in [0, 0.1) is 5.92 Å². The lowest BCUT2D eigenvalue weighted by Gasteiger charge is -2.28. The van der Waals surface area contributed by atoms with E-state index in [-0.39, 0.29) is 0 Å². The molecule has 1 saturated carbocycles. The van der Waals surface area contributed by atoms with Crippen molar-refractivity contribution < 1.29 is 0 Å². The molecule has 1 fully saturated rings. The Kier molecular flexibility index (Phi) is 12.7. The molecule has 1 aromatic carbocycles. The molecule has 0 heterocycles. The standard InChI is InChI=1S/C16H24.2C2H6/c1-2-3-7-14-10-12-16(13-11-14)15-8-5-4-6-9-15;2*1-2/h4-6,8-9,14,16H,2-3,7,10-13H2,1H3;2*1-2H3. The van der Waals surface area contributed by atoms with Crippen molar-refractivity contribution in [2.75, 3.05) is 0 Å². The topological polar surface area (TPSA) is 0 Å². The Labute approximate surface area is 128 Å². The van der Waals surface area contributed by atoms with Crippen LogP contribution in [-0.4, -0.2) is 0 Å². The first-order chi connectivity index (χ1) is 9.90. The minimum absolute atomic E-state index is 0.846. The highest BCUT2D eigenvalue weighted by atomic mass is 14.3. The van der Waals surface area contributed by atoms with Crippen LogP contribution in [0.5, 0.6) is 0 Å². The first kappa shape index (κ1) is 19.2. The molecule has 0 N–H and O–H groups in total. The van der Waals surface area contributed by atoms with E-state index in [0.717, 1.165) is 11.8 Å². The molecule has 0 spiro atoms. The smallest absolute Gasteiger partial charge is 0.0162 e. The fourth-order valence-electron chi connectivity index (χ4n) is 3.00. The van der Waals surface area contributed by atoms with Crippen LogP contribution in [0.15, 0.2) is 30.3 Å². The molecule has 1 aromatic rings. The minimum atomic E-state index is 0.846. The number of hydrogen-bond acceptors (Lipinski definition) is 0. The van der Waals surface area contributed by atoms with Gasteiger partial charge < -0.3 is 0 Å². The molecule has 0 nitrogen and oxygen atoms in total.